The molecule has 1 unspecified atom stereocenters. The Balaban J connectivity index is 1.50. The molecule has 3 aromatic heterocycles. The number of rotatable bonds is 4. The van der Waals surface area contributed by atoms with Gasteiger partial charge in [0.1, 0.15) is 11.2 Å². The number of thiazole rings is 1. The smallest absolute Gasteiger partial charge is 0.358 e. The topological polar surface area (TPSA) is 92.7 Å². The zero-order chi connectivity index (χ0) is 17.4. The van der Waals surface area contributed by atoms with Crippen molar-refractivity contribution in [3.63, 3.8) is 0 Å². The van der Waals surface area contributed by atoms with Crippen molar-refractivity contribution in [3.05, 3.63) is 45.0 Å². The number of hydrogen-bond acceptors (Lipinski definition) is 8. The second kappa shape index (κ2) is 6.37. The minimum atomic E-state index is -0.468. The molecular weight excluding hydrogens is 342 g/mol. The first kappa shape index (κ1) is 15.9. The van der Waals surface area contributed by atoms with Crippen LogP contribution in [0.15, 0.2) is 29.9 Å². The lowest BCUT2D eigenvalue weighted by molar-refractivity contribution is -0.391. The minimum Gasteiger partial charge on any atom is -0.358 e. The summed E-state index contributed by atoms with van der Waals surface area (Å²) in [5.74, 6) is 0.614. The molecule has 0 N–H and O–H groups in total. The fourth-order valence-corrected chi connectivity index (χ4v) is 3.81. The molecule has 4 rings (SSSR count). The van der Waals surface area contributed by atoms with Gasteiger partial charge in [-0.3, -0.25) is 4.90 Å². The highest BCUT2D eigenvalue weighted by Gasteiger charge is 2.25. The monoisotopic (exact) mass is 359 g/mol. The fraction of sp³-hybridized carbons (Fsp3) is 0.400. The van der Waals surface area contributed by atoms with E-state index >= 15 is 0 Å². The molecule has 1 atom stereocenters. The molecule has 9 nitrogen and oxygen atoms in total. The van der Waals surface area contributed by atoms with Crippen molar-refractivity contribution in [2.75, 3.05) is 31.1 Å². The summed E-state index contributed by atoms with van der Waals surface area (Å²) in [4.78, 5) is 23.6. The summed E-state index contributed by atoms with van der Waals surface area (Å²) >= 11 is 1.68. The van der Waals surface area contributed by atoms with E-state index in [0.717, 1.165) is 37.0 Å². The standard InChI is InChI=1S/C15H17N7O2S/c1-11(15-16-4-9-25-15)19-5-7-20(8-6-19)13-3-2-12-17-10-14(22(23)24)21(12)18-13/h2-4,9-11H,5-8H2,1H3. The van der Waals surface area contributed by atoms with Crippen LogP contribution >= 0.6 is 11.3 Å². The lowest BCUT2D eigenvalue weighted by atomic mass is 10.2. The van der Waals surface area contributed by atoms with E-state index in [1.165, 1.54) is 10.7 Å². The largest absolute Gasteiger partial charge is 0.368 e. The van der Waals surface area contributed by atoms with Crippen LogP contribution in [-0.4, -0.2) is 55.6 Å². The van der Waals surface area contributed by atoms with Crippen LogP contribution in [0.1, 0.15) is 18.0 Å². The van der Waals surface area contributed by atoms with Gasteiger partial charge in [0.25, 0.3) is 0 Å². The molecule has 0 bridgehead atoms. The first-order chi connectivity index (χ1) is 12.1. The number of nitrogens with zero attached hydrogens (tertiary/aromatic N) is 7. The Morgan fingerprint density at radius 2 is 2.04 bits per heavy atom. The zero-order valence-corrected chi connectivity index (χ0v) is 14.5. The predicted octanol–water partition coefficient (Wildman–Crippen LogP) is 1.98. The summed E-state index contributed by atoms with van der Waals surface area (Å²) in [6, 6.07) is 3.93. The number of aromatic nitrogens is 4. The third-order valence-corrected chi connectivity index (χ3v) is 5.46. The summed E-state index contributed by atoms with van der Waals surface area (Å²) in [5.41, 5.74) is 0.478. The van der Waals surface area contributed by atoms with E-state index in [-0.39, 0.29) is 5.82 Å². The number of piperazine rings is 1. The van der Waals surface area contributed by atoms with Gasteiger partial charge < -0.3 is 15.0 Å². The number of hydrogen-bond donors (Lipinski definition) is 0. The van der Waals surface area contributed by atoms with Crippen molar-refractivity contribution in [2.24, 2.45) is 0 Å². The molecule has 0 saturated carbocycles. The molecule has 0 amide bonds. The Kier molecular flexibility index (Phi) is 4.06. The van der Waals surface area contributed by atoms with Crippen molar-refractivity contribution in [3.8, 4) is 0 Å². The van der Waals surface area contributed by atoms with Gasteiger partial charge in [-0.2, -0.15) is 0 Å². The van der Waals surface area contributed by atoms with Crippen molar-refractivity contribution in [2.45, 2.75) is 13.0 Å². The van der Waals surface area contributed by atoms with Crippen molar-refractivity contribution in [1.82, 2.24) is 24.5 Å². The third-order valence-electron chi connectivity index (χ3n) is 4.51. The van der Waals surface area contributed by atoms with Crippen molar-refractivity contribution < 1.29 is 4.92 Å². The van der Waals surface area contributed by atoms with Crippen LogP contribution in [0, 0.1) is 10.1 Å². The summed E-state index contributed by atoms with van der Waals surface area (Å²) in [5, 5.41) is 18.6. The van der Waals surface area contributed by atoms with Gasteiger partial charge in [0.15, 0.2) is 5.82 Å². The quantitative estimate of drug-likeness (QED) is 0.519. The van der Waals surface area contributed by atoms with Gasteiger partial charge in [-0.15, -0.1) is 11.3 Å². The molecule has 10 heteroatoms. The SMILES string of the molecule is CC(c1nccs1)N1CCN(c2ccc3ncc([N+](=O)[O-])n3n2)CC1. The van der Waals surface area contributed by atoms with Crippen molar-refractivity contribution >= 4 is 28.6 Å². The van der Waals surface area contributed by atoms with Crippen LogP contribution in [0.25, 0.3) is 5.65 Å². The van der Waals surface area contributed by atoms with Crippen LogP contribution in [0.5, 0.6) is 0 Å². The Bertz CT molecular complexity index is 887. The van der Waals surface area contributed by atoms with Gasteiger partial charge in [0.2, 0.25) is 5.65 Å². The molecule has 1 fully saturated rings. The first-order valence-corrected chi connectivity index (χ1v) is 8.89. The zero-order valence-electron chi connectivity index (χ0n) is 13.6. The van der Waals surface area contributed by atoms with Gasteiger partial charge in [-0.25, -0.2) is 9.97 Å². The Morgan fingerprint density at radius 1 is 1.24 bits per heavy atom. The van der Waals surface area contributed by atoms with E-state index in [0.29, 0.717) is 11.7 Å². The molecule has 0 aliphatic carbocycles. The lowest BCUT2D eigenvalue weighted by Crippen LogP contribution is -2.47. The maximum Gasteiger partial charge on any atom is 0.368 e. The van der Waals surface area contributed by atoms with Crippen LogP contribution in [0.4, 0.5) is 11.6 Å². The second-order valence-electron chi connectivity index (χ2n) is 5.90. The van der Waals surface area contributed by atoms with E-state index in [4.69, 9.17) is 0 Å². The van der Waals surface area contributed by atoms with Crippen LogP contribution < -0.4 is 4.90 Å². The first-order valence-electron chi connectivity index (χ1n) is 8.01. The minimum absolute atomic E-state index is 0.118. The number of imidazole rings is 1. The molecule has 1 saturated heterocycles. The maximum absolute atomic E-state index is 11.1. The average molecular weight is 359 g/mol. The molecule has 4 heterocycles. The van der Waals surface area contributed by atoms with E-state index in [9.17, 15) is 10.1 Å². The summed E-state index contributed by atoms with van der Waals surface area (Å²) in [6.07, 6.45) is 3.07. The summed E-state index contributed by atoms with van der Waals surface area (Å²) in [7, 11) is 0. The van der Waals surface area contributed by atoms with E-state index in [1.54, 1.807) is 17.4 Å². The second-order valence-corrected chi connectivity index (χ2v) is 6.83. The predicted molar refractivity (Wildman–Crippen MR) is 94.0 cm³/mol. The van der Waals surface area contributed by atoms with E-state index < -0.39 is 4.92 Å². The van der Waals surface area contributed by atoms with E-state index in [1.807, 2.05) is 17.6 Å². The highest BCUT2D eigenvalue weighted by Crippen LogP contribution is 2.25. The molecule has 1 aliphatic heterocycles. The third kappa shape index (κ3) is 2.94. The Morgan fingerprint density at radius 3 is 2.72 bits per heavy atom. The maximum atomic E-state index is 11.1. The highest BCUT2D eigenvalue weighted by molar-refractivity contribution is 7.09. The molecule has 0 aromatic carbocycles. The average Bonchev–Trinajstić information content (AvgIpc) is 3.30. The van der Waals surface area contributed by atoms with Gasteiger partial charge in [0, 0.05) is 43.8 Å². The molecule has 0 spiro atoms. The fourth-order valence-electron chi connectivity index (χ4n) is 3.08. The Labute approximate surface area is 147 Å². The molecule has 130 valence electrons. The van der Waals surface area contributed by atoms with Gasteiger partial charge in [0.05, 0.1) is 6.04 Å². The molecule has 25 heavy (non-hydrogen) atoms. The number of anilines is 1. The highest BCUT2D eigenvalue weighted by atomic mass is 32.1. The molecular formula is C15H17N7O2S. The number of fused-ring (bicyclic) bond motifs is 1. The van der Waals surface area contributed by atoms with Crippen LogP contribution in [-0.2, 0) is 0 Å². The molecule has 1 aliphatic rings. The van der Waals surface area contributed by atoms with Crippen LogP contribution in [0.3, 0.4) is 0 Å². The van der Waals surface area contributed by atoms with Crippen LogP contribution in [0.2, 0.25) is 0 Å². The van der Waals surface area contributed by atoms with Crippen molar-refractivity contribution in [1.29, 1.82) is 0 Å². The normalized spacial score (nSPS) is 17.1. The van der Waals surface area contributed by atoms with E-state index in [2.05, 4.69) is 31.8 Å². The molecule has 0 radical (unpaired) electrons. The summed E-state index contributed by atoms with van der Waals surface area (Å²) in [6.45, 7) is 5.60. The summed E-state index contributed by atoms with van der Waals surface area (Å²) < 4.78 is 1.29. The van der Waals surface area contributed by atoms with Gasteiger partial charge >= 0.3 is 5.82 Å². The lowest BCUT2D eigenvalue weighted by Gasteiger charge is -2.37. The Hall–Kier alpha value is -2.59. The molecule has 3 aromatic rings. The van der Waals surface area contributed by atoms with Gasteiger partial charge in [-0.1, -0.05) is 9.61 Å². The van der Waals surface area contributed by atoms with Gasteiger partial charge in [-0.05, 0) is 17.9 Å². The number of nitro groups is 1.